The van der Waals surface area contributed by atoms with Gasteiger partial charge in [0, 0.05) is 0 Å². The summed E-state index contributed by atoms with van der Waals surface area (Å²) in [6, 6.07) is 4.91. The molecule has 1 amide bonds. The highest BCUT2D eigenvalue weighted by atomic mass is 35.5. The molecule has 0 aromatic heterocycles. The summed E-state index contributed by atoms with van der Waals surface area (Å²) in [4.78, 5) is 24.6. The van der Waals surface area contributed by atoms with Crippen molar-refractivity contribution in [1.82, 2.24) is 5.32 Å². The maximum atomic E-state index is 12.4. The van der Waals surface area contributed by atoms with E-state index in [9.17, 15) is 14.9 Å². The maximum Gasteiger partial charge on any atom is 0.339 e. The average Bonchev–Trinajstić information content (AvgIpc) is 2.62. The Labute approximate surface area is 162 Å². The number of hydrogen-bond donors (Lipinski definition) is 1. The van der Waals surface area contributed by atoms with Crippen molar-refractivity contribution in [1.29, 1.82) is 5.26 Å². The first-order valence-corrected chi connectivity index (χ1v) is 9.05. The van der Waals surface area contributed by atoms with Gasteiger partial charge in [0.2, 0.25) is 0 Å². The number of hydrogen-bond acceptors (Lipinski definition) is 5. The van der Waals surface area contributed by atoms with Gasteiger partial charge in [-0.15, -0.1) is 0 Å². The van der Waals surface area contributed by atoms with Crippen molar-refractivity contribution in [3.05, 3.63) is 27.7 Å². The topological polar surface area (TPSA) is 88.4 Å². The quantitative estimate of drug-likeness (QED) is 0.759. The first-order chi connectivity index (χ1) is 12.3. The molecule has 1 atom stereocenters. The number of nitriles is 1. The molecule has 0 unspecified atom stereocenters. The largest absolute Gasteiger partial charge is 0.494 e. The van der Waals surface area contributed by atoms with Gasteiger partial charge in [-0.1, -0.05) is 42.5 Å². The normalized spacial score (nSPS) is 16.9. The number of methoxy groups -OCH3 is 1. The van der Waals surface area contributed by atoms with Crippen LogP contribution in [0.4, 0.5) is 0 Å². The second-order valence-electron chi connectivity index (χ2n) is 6.26. The number of benzene rings is 1. The number of halogens is 2. The van der Waals surface area contributed by atoms with Crippen LogP contribution in [-0.2, 0) is 9.53 Å². The molecule has 1 aliphatic rings. The van der Waals surface area contributed by atoms with E-state index in [1.807, 2.05) is 0 Å². The van der Waals surface area contributed by atoms with Gasteiger partial charge >= 0.3 is 5.97 Å². The number of nitrogens with zero attached hydrogens (tertiary/aromatic N) is 1. The van der Waals surface area contributed by atoms with Crippen LogP contribution in [0.3, 0.4) is 0 Å². The molecule has 0 radical (unpaired) electrons. The summed E-state index contributed by atoms with van der Waals surface area (Å²) >= 11 is 12.0. The molecule has 2 rings (SSSR count). The van der Waals surface area contributed by atoms with Crippen LogP contribution in [0.1, 0.15) is 49.4 Å². The molecule has 0 aliphatic heterocycles. The van der Waals surface area contributed by atoms with Gasteiger partial charge in [-0.3, -0.25) is 4.79 Å². The number of amides is 1. The average molecular weight is 399 g/mol. The predicted molar refractivity (Wildman–Crippen MR) is 97.5 cm³/mol. The Morgan fingerprint density at radius 1 is 1.23 bits per heavy atom. The number of esters is 1. The third-order valence-electron chi connectivity index (χ3n) is 4.37. The molecule has 1 aromatic carbocycles. The van der Waals surface area contributed by atoms with Crippen molar-refractivity contribution in [2.45, 2.75) is 50.7 Å². The molecule has 6 nitrogen and oxygen atoms in total. The minimum Gasteiger partial charge on any atom is -0.494 e. The van der Waals surface area contributed by atoms with Gasteiger partial charge in [-0.2, -0.15) is 5.26 Å². The van der Waals surface area contributed by atoms with Gasteiger partial charge in [0.05, 0.1) is 28.8 Å². The minimum atomic E-state index is -1.06. The van der Waals surface area contributed by atoms with Crippen LogP contribution in [0, 0.1) is 11.3 Å². The lowest BCUT2D eigenvalue weighted by molar-refractivity contribution is -0.130. The van der Waals surface area contributed by atoms with Gasteiger partial charge in [0.15, 0.2) is 11.9 Å². The molecule has 0 heterocycles. The monoisotopic (exact) mass is 398 g/mol. The second kappa shape index (κ2) is 8.61. The van der Waals surface area contributed by atoms with Crippen LogP contribution in [0.25, 0.3) is 0 Å². The molecule has 1 saturated carbocycles. The van der Waals surface area contributed by atoms with Crippen molar-refractivity contribution in [2.24, 2.45) is 0 Å². The first-order valence-electron chi connectivity index (χ1n) is 8.29. The fourth-order valence-electron chi connectivity index (χ4n) is 2.91. The number of nitrogens with one attached hydrogen (secondary N) is 1. The smallest absolute Gasteiger partial charge is 0.339 e. The summed E-state index contributed by atoms with van der Waals surface area (Å²) < 4.78 is 10.2. The highest BCUT2D eigenvalue weighted by molar-refractivity contribution is 6.37. The lowest BCUT2D eigenvalue weighted by atomic mass is 9.83. The van der Waals surface area contributed by atoms with Crippen molar-refractivity contribution in [3.63, 3.8) is 0 Å². The number of rotatable bonds is 5. The van der Waals surface area contributed by atoms with Gasteiger partial charge in [0.1, 0.15) is 5.54 Å². The standard InChI is InChI=1S/C18H20Cl2N2O4/c1-11(16(23)22-18(10-21)6-4-3-5-7-18)26-17(24)12-8-13(19)15(25-2)14(20)9-12/h8-9,11H,3-7H2,1-2H3,(H,22,23)/t11-/m0/s1. The predicted octanol–water partition coefficient (Wildman–Crippen LogP) is 3.89. The highest BCUT2D eigenvalue weighted by Gasteiger charge is 2.35. The van der Waals surface area contributed by atoms with E-state index in [0.29, 0.717) is 12.8 Å². The van der Waals surface area contributed by atoms with Gasteiger partial charge in [-0.05, 0) is 31.9 Å². The number of ether oxygens (including phenoxy) is 2. The number of carbonyl (C=O) groups excluding carboxylic acids is 2. The van der Waals surface area contributed by atoms with E-state index in [-0.39, 0.29) is 21.4 Å². The fraction of sp³-hybridized carbons (Fsp3) is 0.500. The van der Waals surface area contributed by atoms with Gasteiger partial charge in [-0.25, -0.2) is 4.79 Å². The molecule has 1 fully saturated rings. The summed E-state index contributed by atoms with van der Waals surface area (Å²) in [6.45, 7) is 1.45. The molecule has 140 valence electrons. The van der Waals surface area contributed by atoms with E-state index in [0.717, 1.165) is 19.3 Å². The van der Waals surface area contributed by atoms with E-state index in [1.165, 1.54) is 26.2 Å². The Kier molecular flexibility index (Phi) is 6.74. The third kappa shape index (κ3) is 4.60. The summed E-state index contributed by atoms with van der Waals surface area (Å²) in [7, 11) is 1.41. The molecular weight excluding hydrogens is 379 g/mol. The van der Waals surface area contributed by atoms with E-state index in [2.05, 4.69) is 11.4 Å². The molecule has 0 saturated heterocycles. The van der Waals surface area contributed by atoms with E-state index < -0.39 is 23.5 Å². The Balaban J connectivity index is 2.04. The van der Waals surface area contributed by atoms with Crippen LogP contribution >= 0.6 is 23.2 Å². The van der Waals surface area contributed by atoms with Crippen molar-refractivity contribution in [2.75, 3.05) is 7.11 Å². The van der Waals surface area contributed by atoms with Gasteiger partial charge < -0.3 is 14.8 Å². The Bertz CT molecular complexity index is 716. The zero-order chi connectivity index (χ0) is 19.3. The second-order valence-corrected chi connectivity index (χ2v) is 7.08. The zero-order valence-corrected chi connectivity index (χ0v) is 16.1. The molecule has 1 N–H and O–H groups in total. The zero-order valence-electron chi connectivity index (χ0n) is 14.6. The summed E-state index contributed by atoms with van der Waals surface area (Å²) in [5, 5.41) is 12.5. The molecule has 1 aliphatic carbocycles. The first kappa shape index (κ1) is 20.3. The molecule has 1 aromatic rings. The summed E-state index contributed by atoms with van der Waals surface area (Å²) in [5.74, 6) is -0.995. The summed E-state index contributed by atoms with van der Waals surface area (Å²) in [5.41, 5.74) is -0.781. The van der Waals surface area contributed by atoms with Crippen LogP contribution in [0.2, 0.25) is 10.0 Å². The Morgan fingerprint density at radius 2 is 1.81 bits per heavy atom. The van der Waals surface area contributed by atoms with Crippen LogP contribution in [0.15, 0.2) is 12.1 Å². The van der Waals surface area contributed by atoms with E-state index in [1.54, 1.807) is 0 Å². The van der Waals surface area contributed by atoms with Crippen LogP contribution in [-0.4, -0.2) is 30.6 Å². The Hall–Kier alpha value is -1.97. The summed E-state index contributed by atoms with van der Waals surface area (Å²) in [6.07, 6.45) is 2.94. The van der Waals surface area contributed by atoms with Crippen LogP contribution < -0.4 is 10.1 Å². The molecule has 8 heteroatoms. The lowest BCUT2D eigenvalue weighted by Gasteiger charge is -2.32. The van der Waals surface area contributed by atoms with Gasteiger partial charge in [0.25, 0.3) is 5.91 Å². The SMILES string of the molecule is COc1c(Cl)cc(C(=O)O[C@@H](C)C(=O)NC2(C#N)CCCCC2)cc1Cl. The maximum absolute atomic E-state index is 12.4. The molecular formula is C18H20Cl2N2O4. The molecule has 0 bridgehead atoms. The lowest BCUT2D eigenvalue weighted by Crippen LogP contribution is -2.52. The number of carbonyl (C=O) groups is 2. The third-order valence-corrected chi connectivity index (χ3v) is 4.94. The van der Waals surface area contributed by atoms with E-state index in [4.69, 9.17) is 32.7 Å². The highest BCUT2D eigenvalue weighted by Crippen LogP contribution is 2.34. The Morgan fingerprint density at radius 3 is 2.31 bits per heavy atom. The van der Waals surface area contributed by atoms with E-state index >= 15 is 0 Å². The van der Waals surface area contributed by atoms with Crippen LogP contribution in [0.5, 0.6) is 5.75 Å². The molecule has 26 heavy (non-hydrogen) atoms. The van der Waals surface area contributed by atoms with Crippen molar-refractivity contribution >= 4 is 35.1 Å². The minimum absolute atomic E-state index is 0.105. The molecule has 0 spiro atoms. The van der Waals surface area contributed by atoms with Crippen molar-refractivity contribution < 1.29 is 19.1 Å². The van der Waals surface area contributed by atoms with Crippen molar-refractivity contribution in [3.8, 4) is 11.8 Å². The fourth-order valence-corrected chi connectivity index (χ4v) is 3.55.